The summed E-state index contributed by atoms with van der Waals surface area (Å²) in [5.41, 5.74) is 0. The average Bonchev–Trinajstić information content (AvgIpc) is 2.33. The first-order chi connectivity index (χ1) is 8.47. The van der Waals surface area contributed by atoms with Crippen LogP contribution in [-0.2, 0) is 9.59 Å². The zero-order valence-corrected chi connectivity index (χ0v) is 10.7. The number of hydrogen-bond donors (Lipinski definition) is 3. The second-order valence-electron chi connectivity index (χ2n) is 4.05. The number of carboxylic acid groups (broad SMARTS) is 2. The number of fused-ring (bicyclic) bond motifs is 1. The van der Waals surface area contributed by atoms with E-state index in [2.05, 4.69) is 12.6 Å². The maximum absolute atomic E-state index is 11.8. The van der Waals surface area contributed by atoms with Crippen molar-refractivity contribution in [2.24, 2.45) is 5.92 Å². The lowest BCUT2D eigenvalue weighted by Gasteiger charge is -2.43. The quantitative estimate of drug-likeness (QED) is 0.607. The second kappa shape index (κ2) is 6.48. The summed E-state index contributed by atoms with van der Waals surface area (Å²) >= 11 is 4.10. The van der Waals surface area contributed by atoms with Gasteiger partial charge in [0.05, 0.1) is 5.92 Å². The number of hydrogen-bond acceptors (Lipinski definition) is 4. The van der Waals surface area contributed by atoms with Gasteiger partial charge >= 0.3 is 6.16 Å². The van der Waals surface area contributed by atoms with Crippen LogP contribution in [0.3, 0.4) is 0 Å². The molecule has 2 aliphatic rings. The molecule has 0 bridgehead atoms. The zero-order valence-electron chi connectivity index (χ0n) is 9.78. The van der Waals surface area contributed by atoms with E-state index in [1.54, 1.807) is 10.0 Å². The first kappa shape index (κ1) is 14.6. The maximum atomic E-state index is 11.8. The lowest BCUT2D eigenvalue weighted by molar-refractivity contribution is -0.179. The summed E-state index contributed by atoms with van der Waals surface area (Å²) in [6.45, 7) is 1.39. The third-order valence-electron chi connectivity index (χ3n) is 2.81. The van der Waals surface area contributed by atoms with Crippen LogP contribution in [0.25, 0.3) is 0 Å². The van der Waals surface area contributed by atoms with Gasteiger partial charge < -0.3 is 10.2 Å². The molecule has 2 rings (SSSR count). The molecule has 2 fully saturated rings. The van der Waals surface area contributed by atoms with E-state index in [-0.39, 0.29) is 17.7 Å². The van der Waals surface area contributed by atoms with Gasteiger partial charge in [-0.2, -0.15) is 12.6 Å². The van der Waals surface area contributed by atoms with E-state index in [1.807, 2.05) is 0 Å². The maximum Gasteiger partial charge on any atom is 0.503 e. The van der Waals surface area contributed by atoms with E-state index in [9.17, 15) is 9.59 Å². The molecule has 2 heterocycles. The number of amides is 2. The normalized spacial score (nSPS) is 23.1. The van der Waals surface area contributed by atoms with Crippen LogP contribution in [0.2, 0.25) is 0 Å². The number of rotatable bonds is 1. The summed E-state index contributed by atoms with van der Waals surface area (Å²) in [4.78, 5) is 32.0. The molecule has 0 radical (unpaired) electrons. The van der Waals surface area contributed by atoms with E-state index in [4.69, 9.17) is 15.0 Å². The molecule has 0 saturated carbocycles. The fourth-order valence-corrected chi connectivity index (χ4v) is 2.30. The summed E-state index contributed by atoms with van der Waals surface area (Å²) in [7, 11) is 0. The van der Waals surface area contributed by atoms with Gasteiger partial charge in [-0.25, -0.2) is 4.79 Å². The lowest BCUT2D eigenvalue weighted by Crippen LogP contribution is -2.59. The van der Waals surface area contributed by atoms with Gasteiger partial charge in [0.1, 0.15) is 0 Å². The Kier molecular flexibility index (Phi) is 5.26. The van der Waals surface area contributed by atoms with Crippen LogP contribution in [0.15, 0.2) is 0 Å². The topological polar surface area (TPSA) is 98.1 Å². The molecule has 0 aliphatic carbocycles. The minimum Gasteiger partial charge on any atom is -0.450 e. The molecule has 102 valence electrons. The van der Waals surface area contributed by atoms with Gasteiger partial charge in [-0.1, -0.05) is 0 Å². The monoisotopic (exact) mass is 276 g/mol. The number of carbonyl (C=O) groups is 3. The molecule has 1 atom stereocenters. The van der Waals surface area contributed by atoms with E-state index in [0.717, 1.165) is 12.8 Å². The van der Waals surface area contributed by atoms with E-state index in [1.165, 1.54) is 0 Å². The molecule has 1 unspecified atom stereocenters. The Balaban J connectivity index is 0.000000357. The zero-order chi connectivity index (χ0) is 13.7. The van der Waals surface area contributed by atoms with Crippen LogP contribution in [0.5, 0.6) is 0 Å². The van der Waals surface area contributed by atoms with Gasteiger partial charge in [-0.15, -0.1) is 0 Å². The fraction of sp³-hybridized carbons (Fsp3) is 0.700. The number of thiol groups is 1. The Morgan fingerprint density at radius 3 is 2.22 bits per heavy atom. The highest BCUT2D eigenvalue weighted by Gasteiger charge is 2.38. The van der Waals surface area contributed by atoms with Crippen LogP contribution < -0.4 is 0 Å². The summed E-state index contributed by atoms with van der Waals surface area (Å²) in [6.07, 6.45) is 0.495. The van der Waals surface area contributed by atoms with Crippen LogP contribution in [0, 0.1) is 5.92 Å². The van der Waals surface area contributed by atoms with Crippen LogP contribution in [0.1, 0.15) is 19.3 Å². The molecule has 0 aromatic carbocycles. The van der Waals surface area contributed by atoms with Crippen LogP contribution in [0.4, 0.5) is 4.79 Å². The van der Waals surface area contributed by atoms with Crippen molar-refractivity contribution in [3.8, 4) is 0 Å². The average molecular weight is 276 g/mol. The van der Waals surface area contributed by atoms with Crippen LogP contribution >= 0.6 is 12.6 Å². The fourth-order valence-electron chi connectivity index (χ4n) is 2.01. The Morgan fingerprint density at radius 2 is 1.72 bits per heavy atom. The first-order valence-corrected chi connectivity index (χ1v) is 6.25. The predicted octanol–water partition coefficient (Wildman–Crippen LogP) is 0.524. The molecule has 2 aliphatic heterocycles. The Hall–Kier alpha value is -1.44. The lowest BCUT2D eigenvalue weighted by atomic mass is 10.0. The number of carbonyl (C=O) groups excluding carboxylic acids is 2. The summed E-state index contributed by atoms with van der Waals surface area (Å²) in [5, 5.41) is 17.2. The minimum atomic E-state index is -1.83. The van der Waals surface area contributed by atoms with E-state index < -0.39 is 6.16 Å². The molecule has 0 aromatic rings. The van der Waals surface area contributed by atoms with Crippen molar-refractivity contribution in [3.05, 3.63) is 0 Å². The third kappa shape index (κ3) is 3.52. The van der Waals surface area contributed by atoms with Crippen molar-refractivity contribution in [1.29, 1.82) is 0 Å². The molecule has 18 heavy (non-hydrogen) atoms. The van der Waals surface area contributed by atoms with Gasteiger partial charge in [-0.3, -0.25) is 19.6 Å². The molecule has 2 N–H and O–H groups in total. The molecule has 7 nitrogen and oxygen atoms in total. The van der Waals surface area contributed by atoms with Crippen molar-refractivity contribution in [3.63, 3.8) is 0 Å². The van der Waals surface area contributed by atoms with Gasteiger partial charge in [0.2, 0.25) is 11.8 Å². The highest BCUT2D eigenvalue weighted by Crippen LogP contribution is 2.24. The third-order valence-corrected chi connectivity index (χ3v) is 3.25. The standard InChI is InChI=1S/C9H14N2O2S.CH2O3/c12-8-5-7(6-14)9(13)11-4-2-1-3-10(8)11;2-1(3)4/h7,14H,1-6H2;(H2,2,3,4). The SMILES string of the molecule is O=C(O)O.O=C1CC(CS)C(=O)N2CCCCN12. The Bertz CT molecular complexity index is 345. The summed E-state index contributed by atoms with van der Waals surface area (Å²) in [6, 6.07) is 0. The number of hydrazine groups is 1. The van der Waals surface area contributed by atoms with E-state index in [0.29, 0.717) is 25.3 Å². The smallest absolute Gasteiger partial charge is 0.450 e. The predicted molar refractivity (Wildman–Crippen MR) is 65.3 cm³/mol. The largest absolute Gasteiger partial charge is 0.503 e. The minimum absolute atomic E-state index is 0.0688. The molecule has 2 amide bonds. The molecular formula is C10H16N2O5S. The summed E-state index contributed by atoms with van der Waals surface area (Å²) in [5.74, 6) is 0.400. The molecule has 0 spiro atoms. The molecular weight excluding hydrogens is 260 g/mol. The van der Waals surface area contributed by atoms with Gasteiger partial charge in [0.15, 0.2) is 0 Å². The van der Waals surface area contributed by atoms with Crippen molar-refractivity contribution >= 4 is 30.6 Å². The first-order valence-electron chi connectivity index (χ1n) is 5.61. The molecule has 2 saturated heterocycles. The highest BCUT2D eigenvalue weighted by atomic mass is 32.1. The van der Waals surface area contributed by atoms with Crippen molar-refractivity contribution in [2.45, 2.75) is 19.3 Å². The second-order valence-corrected chi connectivity index (χ2v) is 4.42. The molecule has 0 aromatic heterocycles. The number of nitrogens with zero attached hydrogens (tertiary/aromatic N) is 2. The van der Waals surface area contributed by atoms with Crippen LogP contribution in [-0.4, -0.2) is 57.0 Å². The summed E-state index contributed by atoms with van der Waals surface area (Å²) < 4.78 is 0. The van der Waals surface area contributed by atoms with Gasteiger partial charge in [0, 0.05) is 25.3 Å². The van der Waals surface area contributed by atoms with Gasteiger partial charge in [-0.05, 0) is 12.8 Å². The Labute approximate surface area is 110 Å². The van der Waals surface area contributed by atoms with E-state index >= 15 is 0 Å². The van der Waals surface area contributed by atoms with Crippen molar-refractivity contribution < 1.29 is 24.6 Å². The molecule has 8 heteroatoms. The van der Waals surface area contributed by atoms with Crippen molar-refractivity contribution in [1.82, 2.24) is 10.0 Å². The Morgan fingerprint density at radius 1 is 1.22 bits per heavy atom. The highest BCUT2D eigenvalue weighted by molar-refractivity contribution is 7.80. The van der Waals surface area contributed by atoms with Gasteiger partial charge in [0.25, 0.3) is 0 Å². The van der Waals surface area contributed by atoms with Crippen molar-refractivity contribution in [2.75, 3.05) is 18.8 Å².